The fourth-order valence-electron chi connectivity index (χ4n) is 1.58. The molecular weight excluding hydrogens is 272 g/mol. The molecular formula is C10H14N4O2S2. The number of H-pyrrole nitrogens is 1. The van der Waals surface area contributed by atoms with Gasteiger partial charge in [0, 0.05) is 4.88 Å². The summed E-state index contributed by atoms with van der Waals surface area (Å²) in [6, 6.07) is 0. The van der Waals surface area contributed by atoms with Gasteiger partial charge in [-0.25, -0.2) is 13.4 Å². The predicted octanol–water partition coefficient (Wildman–Crippen LogP) is 1.85. The van der Waals surface area contributed by atoms with Crippen LogP contribution in [0.1, 0.15) is 23.2 Å². The number of rotatable bonds is 4. The molecule has 6 nitrogen and oxygen atoms in total. The van der Waals surface area contributed by atoms with Crippen molar-refractivity contribution in [3.8, 4) is 0 Å². The Hall–Kier alpha value is -1.41. The van der Waals surface area contributed by atoms with Crippen LogP contribution in [0.15, 0.2) is 11.1 Å². The average Bonchev–Trinajstić information content (AvgIpc) is 2.84. The van der Waals surface area contributed by atoms with Crippen LogP contribution in [0.25, 0.3) is 0 Å². The minimum atomic E-state index is -3.61. The molecule has 0 bridgehead atoms. The number of aromatic nitrogens is 3. The smallest absolute Gasteiger partial charge is 0.267 e. The Morgan fingerprint density at radius 3 is 2.67 bits per heavy atom. The first-order valence-electron chi connectivity index (χ1n) is 5.43. The molecule has 0 amide bonds. The summed E-state index contributed by atoms with van der Waals surface area (Å²) in [4.78, 5) is 5.42. The Morgan fingerprint density at radius 2 is 2.17 bits per heavy atom. The van der Waals surface area contributed by atoms with Gasteiger partial charge in [0.05, 0.1) is 17.6 Å². The number of aromatic amines is 1. The molecule has 0 aliphatic rings. The van der Waals surface area contributed by atoms with E-state index in [1.165, 1.54) is 17.5 Å². The highest BCUT2D eigenvalue weighted by Crippen LogP contribution is 2.25. The maximum Gasteiger partial charge on any atom is 0.267 e. The van der Waals surface area contributed by atoms with E-state index in [4.69, 9.17) is 0 Å². The van der Waals surface area contributed by atoms with Gasteiger partial charge in [-0.05, 0) is 20.3 Å². The molecule has 0 atom stereocenters. The van der Waals surface area contributed by atoms with Gasteiger partial charge in [-0.2, -0.15) is 5.10 Å². The Kier molecular flexibility index (Phi) is 3.40. The molecule has 98 valence electrons. The standard InChI is InChI=1S/C10H14N4O2S2/c1-4-8-7(3)17-10(12-8)14-18(15,16)9-5-11-13-6(9)2/h5H,4H2,1-3H3,(H,11,13)(H,12,14). The molecule has 0 unspecified atom stereocenters. The lowest BCUT2D eigenvalue weighted by Crippen LogP contribution is -2.13. The van der Waals surface area contributed by atoms with Crippen molar-refractivity contribution in [2.45, 2.75) is 32.1 Å². The molecule has 2 heterocycles. The minimum absolute atomic E-state index is 0.147. The third-order valence-corrected chi connectivity index (χ3v) is 5.03. The van der Waals surface area contributed by atoms with Crippen LogP contribution < -0.4 is 4.72 Å². The molecule has 2 rings (SSSR count). The Labute approximate surface area is 110 Å². The zero-order chi connectivity index (χ0) is 13.3. The number of sulfonamides is 1. The summed E-state index contributed by atoms with van der Waals surface area (Å²) in [5, 5.41) is 6.70. The van der Waals surface area contributed by atoms with Gasteiger partial charge >= 0.3 is 0 Å². The van der Waals surface area contributed by atoms with E-state index in [1.807, 2.05) is 13.8 Å². The van der Waals surface area contributed by atoms with Crippen LogP contribution in [0.4, 0.5) is 5.13 Å². The van der Waals surface area contributed by atoms with Crippen molar-refractivity contribution < 1.29 is 8.42 Å². The number of anilines is 1. The molecule has 0 saturated carbocycles. The van der Waals surface area contributed by atoms with Crippen molar-refractivity contribution in [3.05, 3.63) is 22.5 Å². The molecule has 0 radical (unpaired) electrons. The summed E-state index contributed by atoms with van der Waals surface area (Å²) in [6.07, 6.45) is 2.08. The number of nitrogens with zero attached hydrogens (tertiary/aromatic N) is 2. The van der Waals surface area contributed by atoms with Crippen LogP contribution in [0.5, 0.6) is 0 Å². The molecule has 0 aromatic carbocycles. The quantitative estimate of drug-likeness (QED) is 0.897. The lowest BCUT2D eigenvalue weighted by molar-refractivity contribution is 0.600. The largest absolute Gasteiger partial charge is 0.281 e. The Morgan fingerprint density at radius 1 is 1.44 bits per heavy atom. The minimum Gasteiger partial charge on any atom is -0.281 e. The molecule has 18 heavy (non-hydrogen) atoms. The summed E-state index contributed by atoms with van der Waals surface area (Å²) >= 11 is 1.34. The van der Waals surface area contributed by atoms with Gasteiger partial charge < -0.3 is 0 Å². The molecule has 0 fully saturated rings. The first-order valence-corrected chi connectivity index (χ1v) is 7.73. The van der Waals surface area contributed by atoms with Crippen molar-refractivity contribution in [3.63, 3.8) is 0 Å². The highest BCUT2D eigenvalue weighted by Gasteiger charge is 2.20. The topological polar surface area (TPSA) is 87.7 Å². The third kappa shape index (κ3) is 2.39. The second-order valence-electron chi connectivity index (χ2n) is 3.84. The molecule has 0 aliphatic heterocycles. The second-order valence-corrected chi connectivity index (χ2v) is 6.69. The van der Waals surface area contributed by atoms with Gasteiger partial charge in [-0.15, -0.1) is 11.3 Å². The normalized spacial score (nSPS) is 11.7. The summed E-state index contributed by atoms with van der Waals surface area (Å²) in [5.41, 5.74) is 1.42. The van der Waals surface area contributed by atoms with Crippen LogP contribution in [0.2, 0.25) is 0 Å². The SMILES string of the molecule is CCc1nc(NS(=O)(=O)c2cn[nH]c2C)sc1C. The summed E-state index contributed by atoms with van der Waals surface area (Å²) in [7, 11) is -3.61. The monoisotopic (exact) mass is 286 g/mol. The number of hydrogen-bond acceptors (Lipinski definition) is 5. The zero-order valence-corrected chi connectivity index (χ0v) is 11.9. The molecule has 0 spiro atoms. The highest BCUT2D eigenvalue weighted by atomic mass is 32.2. The van der Waals surface area contributed by atoms with Crippen molar-refractivity contribution in [1.29, 1.82) is 0 Å². The molecule has 2 aromatic rings. The lowest BCUT2D eigenvalue weighted by atomic mass is 10.3. The Balaban J connectivity index is 2.31. The molecule has 2 N–H and O–H groups in total. The fraction of sp³-hybridized carbons (Fsp3) is 0.400. The predicted molar refractivity (Wildman–Crippen MR) is 70.4 cm³/mol. The molecule has 2 aromatic heterocycles. The zero-order valence-electron chi connectivity index (χ0n) is 10.3. The van der Waals surface area contributed by atoms with E-state index in [9.17, 15) is 8.42 Å². The van der Waals surface area contributed by atoms with E-state index in [0.717, 1.165) is 17.0 Å². The first-order chi connectivity index (χ1) is 8.44. The van der Waals surface area contributed by atoms with Crippen LogP contribution >= 0.6 is 11.3 Å². The number of hydrogen-bond donors (Lipinski definition) is 2. The molecule has 0 aliphatic carbocycles. The van der Waals surface area contributed by atoms with E-state index >= 15 is 0 Å². The Bertz CT molecular complexity index is 657. The van der Waals surface area contributed by atoms with E-state index in [-0.39, 0.29) is 4.90 Å². The fourth-order valence-corrected chi connectivity index (χ4v) is 3.86. The van der Waals surface area contributed by atoms with E-state index in [0.29, 0.717) is 10.8 Å². The third-order valence-electron chi connectivity index (χ3n) is 2.52. The number of aryl methyl sites for hydroxylation is 3. The van der Waals surface area contributed by atoms with Crippen molar-refractivity contribution >= 4 is 26.5 Å². The molecule has 8 heteroatoms. The van der Waals surface area contributed by atoms with Crippen LogP contribution in [-0.2, 0) is 16.4 Å². The van der Waals surface area contributed by atoms with E-state index in [2.05, 4.69) is 19.9 Å². The van der Waals surface area contributed by atoms with Gasteiger partial charge in [0.15, 0.2) is 5.13 Å². The highest BCUT2D eigenvalue weighted by molar-refractivity contribution is 7.93. The van der Waals surface area contributed by atoms with Gasteiger partial charge in [0.2, 0.25) is 0 Å². The van der Waals surface area contributed by atoms with Crippen LogP contribution in [0, 0.1) is 13.8 Å². The maximum absolute atomic E-state index is 12.1. The van der Waals surface area contributed by atoms with Gasteiger partial charge in [0.1, 0.15) is 4.90 Å². The summed E-state index contributed by atoms with van der Waals surface area (Å²) in [6.45, 7) is 5.57. The van der Waals surface area contributed by atoms with E-state index < -0.39 is 10.0 Å². The van der Waals surface area contributed by atoms with Crippen molar-refractivity contribution in [2.75, 3.05) is 4.72 Å². The van der Waals surface area contributed by atoms with Crippen molar-refractivity contribution in [1.82, 2.24) is 15.2 Å². The number of nitrogens with one attached hydrogen (secondary N) is 2. The van der Waals surface area contributed by atoms with Gasteiger partial charge in [0.25, 0.3) is 10.0 Å². The summed E-state index contributed by atoms with van der Waals surface area (Å²) in [5.74, 6) is 0. The number of thiazole rings is 1. The average molecular weight is 286 g/mol. The van der Waals surface area contributed by atoms with Gasteiger partial charge in [-0.1, -0.05) is 6.92 Å². The second kappa shape index (κ2) is 4.69. The molecule has 0 saturated heterocycles. The lowest BCUT2D eigenvalue weighted by Gasteiger charge is -2.02. The van der Waals surface area contributed by atoms with Gasteiger partial charge in [-0.3, -0.25) is 9.82 Å². The van der Waals surface area contributed by atoms with Crippen molar-refractivity contribution in [2.24, 2.45) is 0 Å². The van der Waals surface area contributed by atoms with Crippen LogP contribution in [-0.4, -0.2) is 23.6 Å². The van der Waals surface area contributed by atoms with E-state index in [1.54, 1.807) is 6.92 Å². The summed E-state index contributed by atoms with van der Waals surface area (Å²) < 4.78 is 26.7. The first kappa shape index (κ1) is 13.0. The maximum atomic E-state index is 12.1. The van der Waals surface area contributed by atoms with Crippen LogP contribution in [0.3, 0.4) is 0 Å².